The first-order valence-electron chi connectivity index (χ1n) is 4.63. The third kappa shape index (κ3) is 3.90. The smallest absolute Gasteiger partial charge is 0.214 e. The molecule has 15 heavy (non-hydrogen) atoms. The first-order chi connectivity index (χ1) is 7.06. The van der Waals surface area contributed by atoms with E-state index in [0.717, 1.165) is 4.88 Å². The molecule has 4 nitrogen and oxygen atoms in total. The van der Waals surface area contributed by atoms with Crippen LogP contribution >= 0.6 is 11.3 Å². The molecule has 0 saturated carbocycles. The minimum absolute atomic E-state index is 0.00533. The molecule has 0 bridgehead atoms. The van der Waals surface area contributed by atoms with Crippen molar-refractivity contribution in [3.05, 3.63) is 22.4 Å². The Bertz CT molecular complexity index is 372. The third-order valence-electron chi connectivity index (χ3n) is 1.99. The minimum atomic E-state index is -3.22. The van der Waals surface area contributed by atoms with E-state index in [1.54, 1.807) is 7.05 Å². The standard InChI is InChI=1S/C9H15NO3S2/c1-10(8-9-4-2-6-14-9)15(12,13)7-3-5-11/h2,4,6,11H,3,5,7-8H2,1H3. The zero-order valence-corrected chi connectivity index (χ0v) is 10.2. The van der Waals surface area contributed by atoms with Crippen molar-refractivity contribution in [2.75, 3.05) is 19.4 Å². The molecule has 0 spiro atoms. The van der Waals surface area contributed by atoms with Crippen LogP contribution in [0.3, 0.4) is 0 Å². The number of hydrogen-bond donors (Lipinski definition) is 1. The van der Waals surface area contributed by atoms with E-state index in [0.29, 0.717) is 6.54 Å². The van der Waals surface area contributed by atoms with Crippen LogP contribution in [-0.2, 0) is 16.6 Å². The Balaban J connectivity index is 2.56. The number of nitrogens with zero attached hydrogens (tertiary/aromatic N) is 1. The first-order valence-corrected chi connectivity index (χ1v) is 7.12. The van der Waals surface area contributed by atoms with Crippen molar-refractivity contribution in [3.63, 3.8) is 0 Å². The van der Waals surface area contributed by atoms with Gasteiger partial charge < -0.3 is 5.11 Å². The van der Waals surface area contributed by atoms with Gasteiger partial charge in [0.1, 0.15) is 0 Å². The summed E-state index contributed by atoms with van der Waals surface area (Å²) < 4.78 is 24.6. The third-order valence-corrected chi connectivity index (χ3v) is 4.74. The molecule has 0 saturated heterocycles. The van der Waals surface area contributed by atoms with Gasteiger partial charge in [-0.25, -0.2) is 8.42 Å². The summed E-state index contributed by atoms with van der Waals surface area (Å²) in [5.74, 6) is 0.00533. The second-order valence-corrected chi connectivity index (χ2v) is 6.46. The molecule has 6 heteroatoms. The largest absolute Gasteiger partial charge is 0.396 e. The number of aliphatic hydroxyl groups excluding tert-OH is 1. The van der Waals surface area contributed by atoms with Gasteiger partial charge in [-0.1, -0.05) is 6.07 Å². The van der Waals surface area contributed by atoms with Crippen molar-refractivity contribution in [3.8, 4) is 0 Å². The lowest BCUT2D eigenvalue weighted by Crippen LogP contribution is -2.28. The highest BCUT2D eigenvalue weighted by molar-refractivity contribution is 7.89. The van der Waals surface area contributed by atoms with E-state index in [2.05, 4.69) is 0 Å². The lowest BCUT2D eigenvalue weighted by Gasteiger charge is -2.15. The van der Waals surface area contributed by atoms with Crippen molar-refractivity contribution in [1.29, 1.82) is 0 Å². The lowest BCUT2D eigenvalue weighted by molar-refractivity contribution is 0.294. The van der Waals surface area contributed by atoms with Gasteiger partial charge in [0.25, 0.3) is 0 Å². The quantitative estimate of drug-likeness (QED) is 0.814. The fraction of sp³-hybridized carbons (Fsp3) is 0.556. The predicted octanol–water partition coefficient (Wildman–Crippen LogP) is 0.892. The molecular weight excluding hydrogens is 234 g/mol. The maximum atomic E-state index is 11.6. The second-order valence-electron chi connectivity index (χ2n) is 3.23. The fourth-order valence-corrected chi connectivity index (χ4v) is 3.10. The zero-order chi connectivity index (χ0) is 11.3. The highest BCUT2D eigenvalue weighted by Crippen LogP contribution is 2.13. The average molecular weight is 249 g/mol. The van der Waals surface area contributed by atoms with Crippen molar-refractivity contribution < 1.29 is 13.5 Å². The lowest BCUT2D eigenvalue weighted by atomic mass is 10.5. The van der Waals surface area contributed by atoms with Gasteiger partial charge in [0.05, 0.1) is 5.75 Å². The first kappa shape index (κ1) is 12.6. The van der Waals surface area contributed by atoms with Crippen LogP contribution in [0.15, 0.2) is 17.5 Å². The number of thiophene rings is 1. The zero-order valence-electron chi connectivity index (χ0n) is 8.59. The Hall–Kier alpha value is -0.430. The molecule has 0 aliphatic heterocycles. The topological polar surface area (TPSA) is 57.6 Å². The fourth-order valence-electron chi connectivity index (χ4n) is 1.12. The van der Waals surface area contributed by atoms with E-state index in [1.165, 1.54) is 15.6 Å². The number of sulfonamides is 1. The van der Waals surface area contributed by atoms with E-state index in [9.17, 15) is 8.42 Å². The van der Waals surface area contributed by atoms with Crippen LogP contribution in [0.1, 0.15) is 11.3 Å². The molecular formula is C9H15NO3S2. The monoisotopic (exact) mass is 249 g/mol. The summed E-state index contributed by atoms with van der Waals surface area (Å²) >= 11 is 1.54. The Labute approximate surface area is 94.2 Å². The Morgan fingerprint density at radius 3 is 2.80 bits per heavy atom. The average Bonchev–Trinajstić information content (AvgIpc) is 2.67. The van der Waals surface area contributed by atoms with Gasteiger partial charge >= 0.3 is 0 Å². The van der Waals surface area contributed by atoms with Crippen molar-refractivity contribution >= 4 is 21.4 Å². The van der Waals surface area contributed by atoms with Gasteiger partial charge in [-0.05, 0) is 17.9 Å². The predicted molar refractivity (Wildman–Crippen MR) is 61.3 cm³/mol. The molecule has 0 aliphatic rings. The summed E-state index contributed by atoms with van der Waals surface area (Å²) in [6.07, 6.45) is 0.289. The van der Waals surface area contributed by atoms with Crippen molar-refractivity contribution in [1.82, 2.24) is 4.31 Å². The molecule has 0 unspecified atom stereocenters. The maximum Gasteiger partial charge on any atom is 0.214 e. The minimum Gasteiger partial charge on any atom is -0.396 e. The van der Waals surface area contributed by atoms with E-state index < -0.39 is 10.0 Å². The van der Waals surface area contributed by atoms with E-state index in [4.69, 9.17) is 5.11 Å². The molecule has 1 aromatic rings. The van der Waals surface area contributed by atoms with Crippen LogP contribution in [0.25, 0.3) is 0 Å². The van der Waals surface area contributed by atoms with Gasteiger partial charge in [0.2, 0.25) is 10.0 Å². The highest BCUT2D eigenvalue weighted by Gasteiger charge is 2.17. The summed E-state index contributed by atoms with van der Waals surface area (Å²) in [6, 6.07) is 3.80. The van der Waals surface area contributed by atoms with Gasteiger partial charge in [-0.2, -0.15) is 4.31 Å². The molecule has 0 aromatic carbocycles. The van der Waals surface area contributed by atoms with Crippen LogP contribution in [0.4, 0.5) is 0 Å². The molecule has 0 fully saturated rings. The van der Waals surface area contributed by atoms with E-state index >= 15 is 0 Å². The summed E-state index contributed by atoms with van der Waals surface area (Å²) in [5, 5.41) is 10.5. The van der Waals surface area contributed by atoms with Crippen LogP contribution in [0.5, 0.6) is 0 Å². The molecule has 0 amide bonds. The van der Waals surface area contributed by atoms with Crippen LogP contribution in [0.2, 0.25) is 0 Å². The SMILES string of the molecule is CN(Cc1cccs1)S(=O)(=O)CCCO. The Morgan fingerprint density at radius 1 is 1.53 bits per heavy atom. The van der Waals surface area contributed by atoms with Gasteiger partial charge in [0, 0.05) is 25.1 Å². The highest BCUT2D eigenvalue weighted by atomic mass is 32.2. The number of rotatable bonds is 6. The van der Waals surface area contributed by atoms with Gasteiger partial charge in [-0.3, -0.25) is 0 Å². The number of aliphatic hydroxyl groups is 1. The number of hydrogen-bond acceptors (Lipinski definition) is 4. The Kier molecular flexibility index (Phi) is 4.72. The van der Waals surface area contributed by atoms with Crippen molar-refractivity contribution in [2.24, 2.45) is 0 Å². The Morgan fingerprint density at radius 2 is 2.27 bits per heavy atom. The molecule has 1 rings (SSSR count). The summed E-state index contributed by atoms with van der Waals surface area (Å²) in [6.45, 7) is 0.317. The molecule has 1 N–H and O–H groups in total. The van der Waals surface area contributed by atoms with E-state index in [-0.39, 0.29) is 18.8 Å². The van der Waals surface area contributed by atoms with Crippen molar-refractivity contribution in [2.45, 2.75) is 13.0 Å². The van der Waals surface area contributed by atoms with Crippen LogP contribution < -0.4 is 0 Å². The molecule has 1 heterocycles. The summed E-state index contributed by atoms with van der Waals surface area (Å²) in [4.78, 5) is 1.02. The summed E-state index contributed by atoms with van der Waals surface area (Å²) in [7, 11) is -1.66. The molecule has 0 radical (unpaired) electrons. The van der Waals surface area contributed by atoms with E-state index in [1.807, 2.05) is 17.5 Å². The van der Waals surface area contributed by atoms with Crippen LogP contribution in [-0.4, -0.2) is 37.2 Å². The summed E-state index contributed by atoms with van der Waals surface area (Å²) in [5.41, 5.74) is 0. The van der Waals surface area contributed by atoms with Gasteiger partial charge in [0.15, 0.2) is 0 Å². The molecule has 0 aliphatic carbocycles. The molecule has 0 atom stereocenters. The normalized spacial score (nSPS) is 12.2. The molecule has 86 valence electrons. The van der Waals surface area contributed by atoms with Gasteiger partial charge in [-0.15, -0.1) is 11.3 Å². The van der Waals surface area contributed by atoms with Crippen LogP contribution in [0, 0.1) is 0 Å². The second kappa shape index (κ2) is 5.60. The maximum absolute atomic E-state index is 11.6. The molecule has 1 aromatic heterocycles.